The SMILES string of the molecule is CCCCCC1CCC(c2cc3c(cc2F)C=C(CCC)CC3)CC1. The monoisotopic (exact) mass is 342 g/mol. The zero-order valence-electron chi connectivity index (χ0n) is 16.2. The highest BCUT2D eigenvalue weighted by molar-refractivity contribution is 5.60. The first-order valence-corrected chi connectivity index (χ1v) is 10.7. The van der Waals surface area contributed by atoms with Crippen LogP contribution in [-0.4, -0.2) is 0 Å². The predicted octanol–water partition coefficient (Wildman–Crippen LogP) is 7.81. The minimum absolute atomic E-state index is 0.0437. The smallest absolute Gasteiger partial charge is 0.127 e. The second-order valence-corrected chi connectivity index (χ2v) is 8.34. The number of allylic oxidation sites excluding steroid dienone is 1. The molecule has 25 heavy (non-hydrogen) atoms. The lowest BCUT2D eigenvalue weighted by molar-refractivity contribution is 0.299. The molecule has 2 aliphatic rings. The van der Waals surface area contributed by atoms with Gasteiger partial charge in [0.15, 0.2) is 0 Å². The van der Waals surface area contributed by atoms with Crippen molar-refractivity contribution in [3.63, 3.8) is 0 Å². The lowest BCUT2D eigenvalue weighted by atomic mass is 9.76. The molecular weight excluding hydrogens is 307 g/mol. The predicted molar refractivity (Wildman–Crippen MR) is 106 cm³/mol. The number of hydrogen-bond donors (Lipinski definition) is 0. The van der Waals surface area contributed by atoms with Crippen LogP contribution in [0.25, 0.3) is 6.08 Å². The Balaban J connectivity index is 1.65. The van der Waals surface area contributed by atoms with Crippen molar-refractivity contribution >= 4 is 6.08 Å². The first-order chi connectivity index (χ1) is 12.2. The van der Waals surface area contributed by atoms with Crippen molar-refractivity contribution in [2.24, 2.45) is 5.92 Å². The largest absolute Gasteiger partial charge is 0.207 e. The molecule has 0 amide bonds. The summed E-state index contributed by atoms with van der Waals surface area (Å²) < 4.78 is 14.8. The van der Waals surface area contributed by atoms with Crippen molar-refractivity contribution in [1.82, 2.24) is 0 Å². The number of fused-ring (bicyclic) bond motifs is 1. The van der Waals surface area contributed by atoms with E-state index in [1.807, 2.05) is 6.07 Å². The van der Waals surface area contributed by atoms with Gasteiger partial charge in [-0.25, -0.2) is 4.39 Å². The Bertz CT molecular complexity index is 590. The number of halogens is 1. The normalized spacial score (nSPS) is 23.2. The lowest BCUT2D eigenvalue weighted by Crippen LogP contribution is -2.15. The van der Waals surface area contributed by atoms with E-state index in [1.54, 1.807) is 0 Å². The van der Waals surface area contributed by atoms with Gasteiger partial charge in [0.2, 0.25) is 0 Å². The van der Waals surface area contributed by atoms with Crippen LogP contribution < -0.4 is 0 Å². The molecule has 0 N–H and O–H groups in total. The summed E-state index contributed by atoms with van der Waals surface area (Å²) in [6.07, 6.45) is 17.3. The lowest BCUT2D eigenvalue weighted by Gasteiger charge is -2.30. The van der Waals surface area contributed by atoms with Crippen molar-refractivity contribution in [1.29, 1.82) is 0 Å². The summed E-state index contributed by atoms with van der Waals surface area (Å²) in [5, 5.41) is 0. The number of unbranched alkanes of at least 4 members (excludes halogenated alkanes) is 2. The van der Waals surface area contributed by atoms with E-state index in [0.29, 0.717) is 5.92 Å². The minimum atomic E-state index is 0.0437. The molecule has 0 unspecified atom stereocenters. The maximum absolute atomic E-state index is 14.8. The molecule has 138 valence electrons. The average Bonchev–Trinajstić information content (AvgIpc) is 2.62. The molecule has 0 radical (unpaired) electrons. The van der Waals surface area contributed by atoms with Crippen molar-refractivity contribution in [2.75, 3.05) is 0 Å². The molecule has 0 heterocycles. The summed E-state index contributed by atoms with van der Waals surface area (Å²) in [4.78, 5) is 0. The van der Waals surface area contributed by atoms with E-state index < -0.39 is 0 Å². The van der Waals surface area contributed by atoms with Gasteiger partial charge in [-0.05, 0) is 79.5 Å². The number of rotatable bonds is 7. The Morgan fingerprint density at radius 2 is 1.76 bits per heavy atom. The van der Waals surface area contributed by atoms with Crippen molar-refractivity contribution in [3.05, 3.63) is 40.2 Å². The molecule has 1 saturated carbocycles. The molecule has 1 fully saturated rings. The minimum Gasteiger partial charge on any atom is -0.207 e. The van der Waals surface area contributed by atoms with Crippen LogP contribution in [0, 0.1) is 11.7 Å². The average molecular weight is 343 g/mol. The van der Waals surface area contributed by atoms with Crippen LogP contribution in [0.2, 0.25) is 0 Å². The van der Waals surface area contributed by atoms with Gasteiger partial charge in [0, 0.05) is 0 Å². The third-order valence-electron chi connectivity index (χ3n) is 6.41. The molecule has 1 aromatic carbocycles. The zero-order chi connectivity index (χ0) is 17.6. The zero-order valence-corrected chi connectivity index (χ0v) is 16.2. The molecule has 3 rings (SSSR count). The van der Waals surface area contributed by atoms with E-state index in [2.05, 4.69) is 26.0 Å². The first kappa shape index (κ1) is 18.7. The van der Waals surface area contributed by atoms with Crippen LogP contribution in [0.4, 0.5) is 4.39 Å². The summed E-state index contributed by atoms with van der Waals surface area (Å²) >= 11 is 0. The van der Waals surface area contributed by atoms with Gasteiger partial charge < -0.3 is 0 Å². The van der Waals surface area contributed by atoms with E-state index in [1.165, 1.54) is 68.9 Å². The van der Waals surface area contributed by atoms with Gasteiger partial charge >= 0.3 is 0 Å². The summed E-state index contributed by atoms with van der Waals surface area (Å²) in [6, 6.07) is 4.04. The van der Waals surface area contributed by atoms with Gasteiger partial charge in [-0.15, -0.1) is 0 Å². The van der Waals surface area contributed by atoms with Gasteiger partial charge in [-0.1, -0.05) is 63.7 Å². The third kappa shape index (κ3) is 4.74. The standard InChI is InChI=1S/C24H35F/c1-3-5-6-8-18-9-12-20(13-10-18)23-16-21-14-11-19(7-4-2)15-22(21)17-24(23)25/h15-18,20H,3-14H2,1-2H3. The van der Waals surface area contributed by atoms with Gasteiger partial charge in [0.05, 0.1) is 0 Å². The molecule has 0 nitrogen and oxygen atoms in total. The number of hydrogen-bond acceptors (Lipinski definition) is 0. The molecule has 0 spiro atoms. The van der Waals surface area contributed by atoms with E-state index in [9.17, 15) is 4.39 Å². The van der Waals surface area contributed by atoms with E-state index >= 15 is 0 Å². The third-order valence-corrected chi connectivity index (χ3v) is 6.41. The van der Waals surface area contributed by atoms with E-state index in [4.69, 9.17) is 0 Å². The van der Waals surface area contributed by atoms with Crippen molar-refractivity contribution in [2.45, 2.75) is 96.8 Å². The Kier molecular flexibility index (Phi) is 6.73. The Morgan fingerprint density at radius 3 is 2.48 bits per heavy atom. The second kappa shape index (κ2) is 9.01. The molecule has 2 aliphatic carbocycles. The van der Waals surface area contributed by atoms with Crippen LogP contribution in [0.5, 0.6) is 0 Å². The number of aryl methyl sites for hydroxylation is 1. The van der Waals surface area contributed by atoms with Crippen LogP contribution in [0.15, 0.2) is 17.7 Å². The molecule has 0 aliphatic heterocycles. The highest BCUT2D eigenvalue weighted by Gasteiger charge is 2.25. The Morgan fingerprint density at radius 1 is 0.960 bits per heavy atom. The highest BCUT2D eigenvalue weighted by Crippen LogP contribution is 2.40. The van der Waals surface area contributed by atoms with Gasteiger partial charge in [0.1, 0.15) is 5.82 Å². The van der Waals surface area contributed by atoms with Crippen molar-refractivity contribution < 1.29 is 4.39 Å². The van der Waals surface area contributed by atoms with E-state index in [-0.39, 0.29) is 5.82 Å². The summed E-state index contributed by atoms with van der Waals surface area (Å²) in [7, 11) is 0. The fraction of sp³-hybridized carbons (Fsp3) is 0.667. The Hall–Kier alpha value is -1.11. The van der Waals surface area contributed by atoms with Crippen molar-refractivity contribution in [3.8, 4) is 0 Å². The van der Waals surface area contributed by atoms with Crippen LogP contribution in [-0.2, 0) is 6.42 Å². The molecule has 0 atom stereocenters. The Labute approximate surface area is 153 Å². The maximum atomic E-state index is 14.8. The molecular formula is C24H35F. The maximum Gasteiger partial charge on any atom is 0.127 e. The van der Waals surface area contributed by atoms with Crippen LogP contribution >= 0.6 is 0 Å². The fourth-order valence-corrected chi connectivity index (χ4v) is 4.87. The molecule has 1 heteroatoms. The van der Waals surface area contributed by atoms with Gasteiger partial charge in [-0.2, -0.15) is 0 Å². The molecule has 1 aromatic rings. The van der Waals surface area contributed by atoms with E-state index in [0.717, 1.165) is 36.3 Å². The molecule has 0 bridgehead atoms. The summed E-state index contributed by atoms with van der Waals surface area (Å²) in [6.45, 7) is 4.49. The van der Waals surface area contributed by atoms with Crippen LogP contribution in [0.1, 0.15) is 107 Å². The second-order valence-electron chi connectivity index (χ2n) is 8.34. The van der Waals surface area contributed by atoms with Crippen LogP contribution in [0.3, 0.4) is 0 Å². The highest BCUT2D eigenvalue weighted by atomic mass is 19.1. The fourth-order valence-electron chi connectivity index (χ4n) is 4.87. The first-order valence-electron chi connectivity index (χ1n) is 10.7. The van der Waals surface area contributed by atoms with Gasteiger partial charge in [0.25, 0.3) is 0 Å². The quantitative estimate of drug-likeness (QED) is 0.443. The molecule has 0 saturated heterocycles. The summed E-state index contributed by atoms with van der Waals surface area (Å²) in [5.74, 6) is 1.39. The summed E-state index contributed by atoms with van der Waals surface area (Å²) in [5.41, 5.74) is 5.03. The topological polar surface area (TPSA) is 0 Å². The molecule has 0 aromatic heterocycles. The van der Waals surface area contributed by atoms with Gasteiger partial charge in [-0.3, -0.25) is 0 Å². The number of benzene rings is 1.